The summed E-state index contributed by atoms with van der Waals surface area (Å²) in [5.74, 6) is 0.117. The van der Waals surface area contributed by atoms with Crippen LogP contribution in [0.5, 0.6) is 0 Å². The van der Waals surface area contributed by atoms with Gasteiger partial charge in [0.15, 0.2) is 0 Å². The van der Waals surface area contributed by atoms with E-state index in [1.165, 1.54) is 0 Å². The molecule has 96 valence electrons. The lowest BCUT2D eigenvalue weighted by Gasteiger charge is -2.09. The van der Waals surface area contributed by atoms with Crippen molar-refractivity contribution in [1.82, 2.24) is 9.55 Å². The molecule has 1 aromatic carbocycles. The number of aliphatic carboxylic acids is 1. The van der Waals surface area contributed by atoms with Gasteiger partial charge in [-0.2, -0.15) is 0 Å². The van der Waals surface area contributed by atoms with Crippen LogP contribution in [0.4, 0.5) is 0 Å². The van der Waals surface area contributed by atoms with Gasteiger partial charge in [-0.05, 0) is 17.7 Å². The van der Waals surface area contributed by atoms with E-state index in [-0.39, 0.29) is 6.42 Å². The Balaban J connectivity index is 2.41. The molecule has 5 heteroatoms. The molecule has 0 bridgehead atoms. The lowest BCUT2D eigenvalue weighted by molar-refractivity contribution is -0.137. The molecule has 0 aliphatic rings. The third-order valence-corrected chi connectivity index (χ3v) is 3.14. The zero-order chi connectivity index (χ0) is 13.3. The monoisotopic (exact) mass is 247 g/mol. The van der Waals surface area contributed by atoms with Gasteiger partial charge in [0, 0.05) is 19.5 Å². The molecule has 1 atom stereocenters. The maximum absolute atomic E-state index is 10.7. The molecule has 0 spiro atoms. The van der Waals surface area contributed by atoms with Gasteiger partial charge in [0.05, 0.1) is 17.5 Å². The number of imidazole rings is 1. The number of benzene rings is 1. The largest absolute Gasteiger partial charge is 0.481 e. The molecule has 3 N–H and O–H groups in total. The highest BCUT2D eigenvalue weighted by Crippen LogP contribution is 2.21. The summed E-state index contributed by atoms with van der Waals surface area (Å²) in [5.41, 5.74) is 8.57. The molecule has 2 aromatic rings. The first kappa shape index (κ1) is 12.6. The summed E-state index contributed by atoms with van der Waals surface area (Å²) >= 11 is 0. The number of hydrogen-bond acceptors (Lipinski definition) is 3. The first-order valence-corrected chi connectivity index (χ1v) is 5.95. The van der Waals surface area contributed by atoms with Crippen molar-refractivity contribution < 1.29 is 9.90 Å². The Morgan fingerprint density at radius 3 is 2.89 bits per heavy atom. The molecule has 1 aromatic heterocycles. The third kappa shape index (κ3) is 2.22. The van der Waals surface area contributed by atoms with E-state index in [0.29, 0.717) is 0 Å². The molecule has 0 aliphatic heterocycles. The first-order chi connectivity index (χ1) is 8.52. The second-order valence-corrected chi connectivity index (χ2v) is 4.39. The smallest absolute Gasteiger partial charge is 0.305 e. The molecule has 0 aliphatic carbocycles. The summed E-state index contributed by atoms with van der Waals surface area (Å²) in [7, 11) is 1.98. The summed E-state index contributed by atoms with van der Waals surface area (Å²) in [5, 5.41) is 8.75. The average Bonchev–Trinajstić information content (AvgIpc) is 2.64. The fraction of sp³-hybridized carbons (Fsp3) is 0.385. The van der Waals surface area contributed by atoms with E-state index in [1.54, 1.807) is 0 Å². The number of fused-ring (bicyclic) bond motifs is 1. The van der Waals surface area contributed by atoms with Gasteiger partial charge in [-0.1, -0.05) is 13.0 Å². The fourth-order valence-electron chi connectivity index (χ4n) is 2.12. The predicted octanol–water partition coefficient (Wildman–Crippen LogP) is 1.61. The van der Waals surface area contributed by atoms with E-state index in [1.807, 2.05) is 29.8 Å². The quantitative estimate of drug-likeness (QED) is 0.860. The van der Waals surface area contributed by atoms with Gasteiger partial charge < -0.3 is 15.4 Å². The van der Waals surface area contributed by atoms with Gasteiger partial charge in [0.2, 0.25) is 0 Å². The molecule has 0 fully saturated rings. The molecular formula is C13H17N3O2. The Morgan fingerprint density at radius 2 is 2.28 bits per heavy atom. The van der Waals surface area contributed by atoms with Gasteiger partial charge in [-0.25, -0.2) is 4.98 Å². The van der Waals surface area contributed by atoms with Crippen LogP contribution in [-0.2, 0) is 18.3 Å². The molecule has 0 radical (unpaired) electrons. The minimum Gasteiger partial charge on any atom is -0.481 e. The Morgan fingerprint density at radius 1 is 1.56 bits per heavy atom. The molecule has 0 saturated heterocycles. The minimum absolute atomic E-state index is 0.0705. The van der Waals surface area contributed by atoms with E-state index in [0.717, 1.165) is 28.8 Å². The van der Waals surface area contributed by atoms with E-state index in [2.05, 4.69) is 11.9 Å². The summed E-state index contributed by atoms with van der Waals surface area (Å²) in [6, 6.07) is 5.21. The van der Waals surface area contributed by atoms with Crippen LogP contribution in [0, 0.1) is 0 Å². The zero-order valence-corrected chi connectivity index (χ0v) is 10.6. The van der Waals surface area contributed by atoms with Gasteiger partial charge in [-0.15, -0.1) is 0 Å². The minimum atomic E-state index is -0.891. The number of nitrogens with zero attached hydrogens (tertiary/aromatic N) is 2. The van der Waals surface area contributed by atoms with Crippen molar-refractivity contribution in [3.63, 3.8) is 0 Å². The van der Waals surface area contributed by atoms with Crippen molar-refractivity contribution in [2.24, 2.45) is 12.8 Å². The Bertz CT molecular complexity index is 589. The van der Waals surface area contributed by atoms with Gasteiger partial charge >= 0.3 is 5.97 Å². The van der Waals surface area contributed by atoms with Gasteiger partial charge in [0.1, 0.15) is 5.82 Å². The number of aromatic nitrogens is 2. The van der Waals surface area contributed by atoms with Crippen LogP contribution in [0.3, 0.4) is 0 Å². The number of carboxylic acid groups (broad SMARTS) is 1. The van der Waals surface area contributed by atoms with Crippen LogP contribution < -0.4 is 5.73 Å². The SMILES string of the molecule is CCc1nc2cc(C(N)CC(=O)O)ccc2n1C. The van der Waals surface area contributed by atoms with Crippen molar-refractivity contribution in [1.29, 1.82) is 0 Å². The van der Waals surface area contributed by atoms with E-state index >= 15 is 0 Å². The van der Waals surface area contributed by atoms with Crippen LogP contribution in [0.2, 0.25) is 0 Å². The van der Waals surface area contributed by atoms with Crippen molar-refractivity contribution >= 4 is 17.0 Å². The molecule has 1 unspecified atom stereocenters. The number of carbonyl (C=O) groups is 1. The number of nitrogens with two attached hydrogens (primary N) is 1. The number of carboxylic acids is 1. The van der Waals surface area contributed by atoms with Crippen molar-refractivity contribution in [3.8, 4) is 0 Å². The van der Waals surface area contributed by atoms with Crippen LogP contribution in [0.1, 0.15) is 30.8 Å². The molecule has 0 saturated carbocycles. The standard InChI is InChI=1S/C13H17N3O2/c1-3-12-15-10-6-8(9(14)7-13(17)18)4-5-11(10)16(12)2/h4-6,9H,3,7,14H2,1-2H3,(H,17,18). The first-order valence-electron chi connectivity index (χ1n) is 5.95. The Hall–Kier alpha value is -1.88. The van der Waals surface area contributed by atoms with Crippen molar-refractivity contribution in [3.05, 3.63) is 29.6 Å². The highest BCUT2D eigenvalue weighted by molar-refractivity contribution is 5.77. The molecule has 1 heterocycles. The summed E-state index contributed by atoms with van der Waals surface area (Å²) in [6.45, 7) is 2.05. The molecule has 5 nitrogen and oxygen atoms in total. The molecule has 0 amide bonds. The summed E-state index contributed by atoms with van der Waals surface area (Å²) in [6.07, 6.45) is 0.792. The highest BCUT2D eigenvalue weighted by atomic mass is 16.4. The highest BCUT2D eigenvalue weighted by Gasteiger charge is 2.13. The zero-order valence-electron chi connectivity index (χ0n) is 10.6. The second-order valence-electron chi connectivity index (χ2n) is 4.39. The van der Waals surface area contributed by atoms with Crippen molar-refractivity contribution in [2.45, 2.75) is 25.8 Å². The van der Waals surface area contributed by atoms with E-state index < -0.39 is 12.0 Å². The molecule has 2 rings (SSSR count). The third-order valence-electron chi connectivity index (χ3n) is 3.14. The molecular weight excluding hydrogens is 230 g/mol. The van der Waals surface area contributed by atoms with Crippen molar-refractivity contribution in [2.75, 3.05) is 0 Å². The predicted molar refractivity (Wildman–Crippen MR) is 69.3 cm³/mol. The maximum Gasteiger partial charge on any atom is 0.305 e. The summed E-state index contributed by atoms with van der Waals surface area (Å²) < 4.78 is 2.04. The Kier molecular flexibility index (Phi) is 3.34. The fourth-order valence-corrected chi connectivity index (χ4v) is 2.12. The van der Waals surface area contributed by atoms with Gasteiger partial charge in [0.25, 0.3) is 0 Å². The van der Waals surface area contributed by atoms with Gasteiger partial charge in [-0.3, -0.25) is 4.79 Å². The summed E-state index contributed by atoms with van der Waals surface area (Å²) in [4.78, 5) is 15.2. The molecule has 18 heavy (non-hydrogen) atoms. The van der Waals surface area contributed by atoms with Crippen LogP contribution >= 0.6 is 0 Å². The second kappa shape index (κ2) is 4.78. The normalized spacial score (nSPS) is 12.8. The number of aryl methyl sites for hydroxylation is 2. The van der Waals surface area contributed by atoms with E-state index in [9.17, 15) is 4.79 Å². The average molecular weight is 247 g/mol. The topological polar surface area (TPSA) is 81.1 Å². The van der Waals surface area contributed by atoms with Crippen LogP contribution in [-0.4, -0.2) is 20.6 Å². The number of hydrogen-bond donors (Lipinski definition) is 2. The number of rotatable bonds is 4. The van der Waals surface area contributed by atoms with Crippen LogP contribution in [0.25, 0.3) is 11.0 Å². The van der Waals surface area contributed by atoms with E-state index in [4.69, 9.17) is 10.8 Å². The Labute approximate surface area is 105 Å². The van der Waals surface area contributed by atoms with Crippen LogP contribution in [0.15, 0.2) is 18.2 Å². The lowest BCUT2D eigenvalue weighted by atomic mass is 10.0. The lowest BCUT2D eigenvalue weighted by Crippen LogP contribution is -2.14. The maximum atomic E-state index is 10.7.